The fourth-order valence-corrected chi connectivity index (χ4v) is 3.17. The van der Waals surface area contributed by atoms with Gasteiger partial charge < -0.3 is 19.7 Å². The van der Waals surface area contributed by atoms with Crippen molar-refractivity contribution in [2.75, 3.05) is 24.7 Å². The third-order valence-corrected chi connectivity index (χ3v) is 4.82. The molecule has 31 heavy (non-hydrogen) atoms. The van der Waals surface area contributed by atoms with E-state index in [-0.39, 0.29) is 24.3 Å². The second kappa shape index (κ2) is 10.4. The maximum atomic E-state index is 13.1. The van der Waals surface area contributed by atoms with Gasteiger partial charge in [-0.05, 0) is 48.7 Å². The Hall–Kier alpha value is -2.87. The topological polar surface area (TPSA) is 91.6 Å². The molecule has 0 aliphatic carbocycles. The smallest absolute Gasteiger partial charge is 0.305 e. The van der Waals surface area contributed by atoms with Gasteiger partial charge in [-0.1, -0.05) is 42.8 Å². The fourth-order valence-electron chi connectivity index (χ4n) is 2.93. The van der Waals surface area contributed by atoms with Gasteiger partial charge in [0.2, 0.25) is 0 Å². The summed E-state index contributed by atoms with van der Waals surface area (Å²) in [5, 5.41) is 18.6. The van der Waals surface area contributed by atoms with Crippen LogP contribution in [0.5, 0.6) is 5.75 Å². The van der Waals surface area contributed by atoms with Crippen LogP contribution in [-0.4, -0.2) is 48.0 Å². The molecule has 2 aromatic carbocycles. The van der Waals surface area contributed by atoms with Crippen molar-refractivity contribution in [3.63, 3.8) is 0 Å². The second-order valence-electron chi connectivity index (χ2n) is 7.04. The summed E-state index contributed by atoms with van der Waals surface area (Å²) >= 11 is 6.26. The molecular weight excluding hydrogens is 420 g/mol. The van der Waals surface area contributed by atoms with Crippen LogP contribution in [0.3, 0.4) is 0 Å². The lowest BCUT2D eigenvalue weighted by Gasteiger charge is -2.15. The van der Waals surface area contributed by atoms with Crippen molar-refractivity contribution in [1.29, 1.82) is 0 Å². The van der Waals surface area contributed by atoms with Crippen LogP contribution in [0.15, 0.2) is 53.2 Å². The van der Waals surface area contributed by atoms with E-state index in [1.54, 1.807) is 24.3 Å². The number of anilines is 1. The van der Waals surface area contributed by atoms with Crippen LogP contribution < -0.4 is 9.64 Å². The molecule has 1 heterocycles. The number of aryl methyl sites for hydroxylation is 1. The number of amides is 1. The summed E-state index contributed by atoms with van der Waals surface area (Å²) in [6.45, 7) is 3.98. The Kier molecular flexibility index (Phi) is 7.68. The van der Waals surface area contributed by atoms with Crippen LogP contribution in [-0.2, 0) is 9.53 Å². The van der Waals surface area contributed by atoms with Gasteiger partial charge in [0.25, 0.3) is 0 Å². The van der Waals surface area contributed by atoms with E-state index < -0.39 is 12.7 Å². The average Bonchev–Trinajstić information content (AvgIpc) is 3.06. The zero-order valence-electron chi connectivity index (χ0n) is 17.4. The van der Waals surface area contributed by atoms with Crippen molar-refractivity contribution in [2.24, 2.45) is 4.99 Å². The molecule has 1 aliphatic heterocycles. The third kappa shape index (κ3) is 5.44. The number of para-hydroxylation sites is 1. The summed E-state index contributed by atoms with van der Waals surface area (Å²) in [5.41, 5.74) is 2.29. The van der Waals surface area contributed by atoms with Gasteiger partial charge >= 0.3 is 11.9 Å². The summed E-state index contributed by atoms with van der Waals surface area (Å²) < 4.78 is 11.2. The molecule has 1 amide bonds. The average molecular weight is 445 g/mol. The molecule has 8 heteroatoms. The molecule has 1 saturated heterocycles. The van der Waals surface area contributed by atoms with Gasteiger partial charge in [-0.2, -0.15) is 0 Å². The quantitative estimate of drug-likeness (QED) is 0.607. The lowest BCUT2D eigenvalue weighted by atomic mass is 10.1. The Morgan fingerprint density at radius 1 is 1.29 bits per heavy atom. The van der Waals surface area contributed by atoms with Crippen LogP contribution >= 0.6 is 11.6 Å². The number of aliphatic hydroxyl groups is 2. The van der Waals surface area contributed by atoms with E-state index in [1.165, 1.54) is 4.90 Å². The van der Waals surface area contributed by atoms with Gasteiger partial charge in [0.15, 0.2) is 5.76 Å². The highest BCUT2D eigenvalue weighted by molar-refractivity contribution is 6.32. The van der Waals surface area contributed by atoms with E-state index in [0.29, 0.717) is 22.9 Å². The number of hydrogen-bond donors (Lipinski definition) is 2. The number of carbonyl (C=O) groups is 1. The zero-order chi connectivity index (χ0) is 22.4. The molecule has 0 spiro atoms. The summed E-state index contributed by atoms with van der Waals surface area (Å²) in [6.07, 6.45) is 1.43. The summed E-state index contributed by atoms with van der Waals surface area (Å²) in [5.74, 6) is 0.187. The maximum Gasteiger partial charge on any atom is 0.305 e. The van der Waals surface area contributed by atoms with Gasteiger partial charge in [-0.15, -0.1) is 0 Å². The van der Waals surface area contributed by atoms with Crippen LogP contribution in [0.4, 0.5) is 5.69 Å². The zero-order valence-corrected chi connectivity index (χ0v) is 18.2. The lowest BCUT2D eigenvalue weighted by Crippen LogP contribution is -2.30. The number of halogens is 1. The first kappa shape index (κ1) is 22.8. The van der Waals surface area contributed by atoms with Crippen LogP contribution in [0.25, 0.3) is 6.08 Å². The predicted molar refractivity (Wildman–Crippen MR) is 120 cm³/mol. The molecule has 7 nitrogen and oxygen atoms in total. The third-order valence-electron chi connectivity index (χ3n) is 4.53. The van der Waals surface area contributed by atoms with Crippen molar-refractivity contribution in [3.8, 4) is 5.75 Å². The highest BCUT2D eigenvalue weighted by Gasteiger charge is 2.36. The number of nitrogens with zero attached hydrogens (tertiary/aromatic N) is 2. The highest BCUT2D eigenvalue weighted by Crippen LogP contribution is 2.31. The molecule has 0 bridgehead atoms. The van der Waals surface area contributed by atoms with Crippen LogP contribution in [0.1, 0.15) is 24.5 Å². The molecule has 0 radical (unpaired) electrons. The molecule has 1 aliphatic rings. The minimum atomic E-state index is -0.990. The predicted octanol–water partition coefficient (Wildman–Crippen LogP) is 3.55. The van der Waals surface area contributed by atoms with E-state index in [9.17, 15) is 9.90 Å². The highest BCUT2D eigenvalue weighted by atomic mass is 35.5. The number of benzene rings is 2. The van der Waals surface area contributed by atoms with Crippen molar-refractivity contribution < 1.29 is 24.5 Å². The first-order valence-electron chi connectivity index (χ1n) is 10.00. The Bertz CT molecular complexity index is 1010. The summed E-state index contributed by atoms with van der Waals surface area (Å²) in [4.78, 5) is 19.1. The molecule has 0 aromatic heterocycles. The van der Waals surface area contributed by atoms with E-state index in [2.05, 4.69) is 4.99 Å². The molecule has 2 N–H and O–H groups in total. The van der Waals surface area contributed by atoms with E-state index in [1.807, 2.05) is 38.1 Å². The number of rotatable bonds is 8. The summed E-state index contributed by atoms with van der Waals surface area (Å²) in [6, 6.07) is 12.8. The van der Waals surface area contributed by atoms with E-state index in [4.69, 9.17) is 26.2 Å². The molecule has 0 saturated carbocycles. The minimum absolute atomic E-state index is 0.0824. The Labute approximate surface area is 186 Å². The van der Waals surface area contributed by atoms with Crippen LogP contribution in [0.2, 0.25) is 5.02 Å². The van der Waals surface area contributed by atoms with Crippen molar-refractivity contribution in [2.45, 2.75) is 26.4 Å². The van der Waals surface area contributed by atoms with Gasteiger partial charge in [0, 0.05) is 6.54 Å². The molecule has 1 atom stereocenters. The van der Waals surface area contributed by atoms with Crippen LogP contribution in [0, 0.1) is 6.92 Å². The van der Waals surface area contributed by atoms with Gasteiger partial charge in [0.05, 0.1) is 17.3 Å². The fraction of sp³-hybridized carbons (Fsp3) is 0.304. The number of aliphatic hydroxyl groups excluding tert-OH is 2. The lowest BCUT2D eigenvalue weighted by molar-refractivity contribution is -0.114. The molecule has 1 unspecified atom stereocenters. The van der Waals surface area contributed by atoms with Crippen molar-refractivity contribution in [3.05, 3.63) is 64.4 Å². The molecule has 164 valence electrons. The van der Waals surface area contributed by atoms with Gasteiger partial charge in [0.1, 0.15) is 18.5 Å². The first-order chi connectivity index (χ1) is 14.9. The maximum absolute atomic E-state index is 13.1. The molecular formula is C23H25ClN2O5. The molecule has 3 rings (SSSR count). The Morgan fingerprint density at radius 2 is 2.06 bits per heavy atom. The SMILES string of the molecule is CCC/N=C1\O/C(=C/c2ccc(OCC(O)CO)c(Cl)c2)C(=O)N1c1ccccc1C. The number of ether oxygens (including phenoxy) is 2. The number of amidine groups is 1. The van der Waals surface area contributed by atoms with Crippen molar-refractivity contribution in [1.82, 2.24) is 0 Å². The standard InChI is InChI=1S/C23H25ClN2O5/c1-3-10-25-23-26(19-7-5-4-6-15(19)2)22(29)21(31-23)12-16-8-9-20(18(24)11-16)30-14-17(28)13-27/h4-9,11-12,17,27-28H,3,10,13-14H2,1-2H3/b21-12+,25-23-. The first-order valence-corrected chi connectivity index (χ1v) is 10.4. The molecule has 1 fully saturated rings. The Balaban J connectivity index is 1.88. The number of aliphatic imine (C=N–C) groups is 1. The molecule has 2 aromatic rings. The number of hydrogen-bond acceptors (Lipinski definition) is 6. The Morgan fingerprint density at radius 3 is 2.74 bits per heavy atom. The minimum Gasteiger partial charge on any atom is -0.489 e. The van der Waals surface area contributed by atoms with Gasteiger partial charge in [-0.25, -0.2) is 9.89 Å². The summed E-state index contributed by atoms with van der Waals surface area (Å²) in [7, 11) is 0. The largest absolute Gasteiger partial charge is 0.489 e. The normalized spacial score (nSPS) is 17.3. The van der Waals surface area contributed by atoms with E-state index in [0.717, 1.165) is 17.7 Å². The van der Waals surface area contributed by atoms with Crippen molar-refractivity contribution >= 4 is 35.3 Å². The second-order valence-corrected chi connectivity index (χ2v) is 7.45. The number of carbonyl (C=O) groups excluding carboxylic acids is 1. The van der Waals surface area contributed by atoms with E-state index >= 15 is 0 Å². The van der Waals surface area contributed by atoms with Gasteiger partial charge in [-0.3, -0.25) is 4.79 Å². The monoisotopic (exact) mass is 444 g/mol.